The quantitative estimate of drug-likeness (QED) is 0.323. The molecule has 1 aromatic rings. The molecule has 0 atom stereocenters. The van der Waals surface area contributed by atoms with Gasteiger partial charge in [0.05, 0.1) is 17.9 Å². The van der Waals surface area contributed by atoms with Crippen LogP contribution < -0.4 is 11.2 Å². The molecule has 4 N–H and O–H groups in total. The lowest BCUT2D eigenvalue weighted by Gasteiger charge is -2.05. The number of esters is 1. The van der Waals surface area contributed by atoms with Crippen LogP contribution in [0.1, 0.15) is 17.3 Å². The van der Waals surface area contributed by atoms with Crippen molar-refractivity contribution in [1.29, 1.82) is 10.7 Å². The number of hydrogen-bond acceptors (Lipinski definition) is 6. The van der Waals surface area contributed by atoms with E-state index < -0.39 is 17.6 Å². The van der Waals surface area contributed by atoms with Crippen molar-refractivity contribution in [2.24, 2.45) is 10.8 Å². The summed E-state index contributed by atoms with van der Waals surface area (Å²) in [5.74, 6) is -1.87. The molecule has 1 aromatic carbocycles. The molecular formula is C12H12FN5O2. The zero-order valence-corrected chi connectivity index (χ0v) is 10.6. The molecule has 8 heteroatoms. The van der Waals surface area contributed by atoms with Crippen LogP contribution in [-0.2, 0) is 4.74 Å². The summed E-state index contributed by atoms with van der Waals surface area (Å²) in [6.07, 6.45) is 0. The Morgan fingerprint density at radius 1 is 1.60 bits per heavy atom. The van der Waals surface area contributed by atoms with Gasteiger partial charge in [0.15, 0.2) is 5.84 Å². The molecule has 0 aliphatic carbocycles. The number of halogens is 1. The predicted molar refractivity (Wildman–Crippen MR) is 70.9 cm³/mol. The third-order valence-electron chi connectivity index (χ3n) is 2.07. The number of nitrogens with one attached hydrogen (secondary N) is 2. The van der Waals surface area contributed by atoms with Gasteiger partial charge in [-0.25, -0.2) is 9.18 Å². The zero-order valence-electron chi connectivity index (χ0n) is 10.6. The molecule has 0 aromatic heterocycles. The lowest BCUT2D eigenvalue weighted by molar-refractivity contribution is 0.0526. The monoisotopic (exact) mass is 277 g/mol. The van der Waals surface area contributed by atoms with Crippen molar-refractivity contribution in [3.8, 4) is 6.07 Å². The largest absolute Gasteiger partial charge is 0.462 e. The number of hydrazone groups is 1. The van der Waals surface area contributed by atoms with Crippen molar-refractivity contribution in [3.05, 3.63) is 29.6 Å². The van der Waals surface area contributed by atoms with Gasteiger partial charge in [-0.1, -0.05) is 0 Å². The number of nitrogens with two attached hydrogens (primary N) is 1. The van der Waals surface area contributed by atoms with Crippen LogP contribution in [0.4, 0.5) is 10.1 Å². The van der Waals surface area contributed by atoms with Crippen LogP contribution in [0.5, 0.6) is 0 Å². The maximum atomic E-state index is 13.4. The summed E-state index contributed by atoms with van der Waals surface area (Å²) in [6.45, 7) is 1.80. The summed E-state index contributed by atoms with van der Waals surface area (Å²) in [6, 6.07) is 4.99. The fourth-order valence-electron chi connectivity index (χ4n) is 1.25. The molecule has 0 amide bonds. The van der Waals surface area contributed by atoms with E-state index in [1.807, 2.05) is 0 Å². The maximum absolute atomic E-state index is 13.4. The number of anilines is 1. The number of amidine groups is 1. The molecule has 0 heterocycles. The first-order valence-corrected chi connectivity index (χ1v) is 5.53. The molecular weight excluding hydrogens is 265 g/mol. The van der Waals surface area contributed by atoms with Crippen molar-refractivity contribution in [2.45, 2.75) is 6.92 Å². The number of ether oxygens (including phenoxy) is 1. The maximum Gasteiger partial charge on any atom is 0.338 e. The first kappa shape index (κ1) is 15.1. The highest BCUT2D eigenvalue weighted by atomic mass is 19.1. The summed E-state index contributed by atoms with van der Waals surface area (Å²) in [7, 11) is 0. The number of rotatable bonds is 5. The standard InChI is InChI=1S/C12H12FN5O2/c1-2-20-12(19)7-3-8(13)5-9(4-7)17-18-10(6-14)11(15)16/h3-5,17H,2H2,1H3,(H3,15,16)/b18-10+. The van der Waals surface area contributed by atoms with Crippen molar-refractivity contribution < 1.29 is 13.9 Å². The van der Waals surface area contributed by atoms with E-state index in [0.717, 1.165) is 12.1 Å². The number of nitriles is 1. The highest BCUT2D eigenvalue weighted by Crippen LogP contribution is 2.15. The predicted octanol–water partition coefficient (Wildman–Crippen LogP) is 1.23. The molecule has 20 heavy (non-hydrogen) atoms. The van der Waals surface area contributed by atoms with Gasteiger partial charge >= 0.3 is 5.97 Å². The van der Waals surface area contributed by atoms with Crippen molar-refractivity contribution in [2.75, 3.05) is 12.0 Å². The van der Waals surface area contributed by atoms with Crippen LogP contribution in [0.25, 0.3) is 0 Å². The number of carbonyl (C=O) groups excluding carboxylic acids is 1. The molecule has 7 nitrogen and oxygen atoms in total. The van der Waals surface area contributed by atoms with Crippen molar-refractivity contribution in [3.63, 3.8) is 0 Å². The molecule has 0 spiro atoms. The molecule has 0 unspecified atom stereocenters. The second-order valence-electron chi connectivity index (χ2n) is 3.55. The smallest absolute Gasteiger partial charge is 0.338 e. The lowest BCUT2D eigenvalue weighted by atomic mass is 10.2. The molecule has 0 saturated carbocycles. The minimum Gasteiger partial charge on any atom is -0.462 e. The SMILES string of the molecule is CCOC(=O)c1cc(F)cc(N/N=C(\C#N)C(=N)N)c1. The Balaban J connectivity index is 3.00. The van der Waals surface area contributed by atoms with Crippen molar-refractivity contribution >= 4 is 23.2 Å². The summed E-state index contributed by atoms with van der Waals surface area (Å²) in [5, 5.41) is 19.2. The van der Waals surface area contributed by atoms with Gasteiger partial charge in [0.25, 0.3) is 0 Å². The molecule has 0 saturated heterocycles. The van der Waals surface area contributed by atoms with Gasteiger partial charge in [0, 0.05) is 0 Å². The average molecular weight is 277 g/mol. The number of benzene rings is 1. The highest BCUT2D eigenvalue weighted by Gasteiger charge is 2.10. The topological polar surface area (TPSA) is 124 Å². The van der Waals surface area contributed by atoms with Crippen LogP contribution >= 0.6 is 0 Å². The van der Waals surface area contributed by atoms with E-state index in [9.17, 15) is 9.18 Å². The average Bonchev–Trinajstić information content (AvgIpc) is 2.38. The third-order valence-corrected chi connectivity index (χ3v) is 2.07. The summed E-state index contributed by atoms with van der Waals surface area (Å²) < 4.78 is 18.1. The fourth-order valence-corrected chi connectivity index (χ4v) is 1.25. The number of nitrogens with zero attached hydrogens (tertiary/aromatic N) is 2. The minimum absolute atomic E-state index is 0.00545. The zero-order chi connectivity index (χ0) is 15.1. The molecule has 0 aliphatic rings. The van der Waals surface area contributed by atoms with Crippen LogP contribution in [0.2, 0.25) is 0 Å². The Morgan fingerprint density at radius 3 is 2.85 bits per heavy atom. The summed E-state index contributed by atoms with van der Waals surface area (Å²) in [5.41, 5.74) is 7.23. The summed E-state index contributed by atoms with van der Waals surface area (Å²) >= 11 is 0. The Labute approximate surface area is 114 Å². The van der Waals surface area contributed by atoms with Crippen LogP contribution in [-0.4, -0.2) is 24.1 Å². The first-order valence-electron chi connectivity index (χ1n) is 5.53. The molecule has 0 radical (unpaired) electrons. The van der Waals surface area contributed by atoms with E-state index in [0.29, 0.717) is 0 Å². The van der Waals surface area contributed by atoms with Gasteiger partial charge in [0.1, 0.15) is 11.9 Å². The Hall–Kier alpha value is -2.95. The molecule has 0 fully saturated rings. The van der Waals surface area contributed by atoms with Crippen LogP contribution in [0, 0.1) is 22.6 Å². The van der Waals surface area contributed by atoms with E-state index >= 15 is 0 Å². The Kier molecular flexibility index (Phi) is 5.17. The molecule has 0 bridgehead atoms. The molecule has 0 aliphatic heterocycles. The second-order valence-corrected chi connectivity index (χ2v) is 3.55. The normalized spacial score (nSPS) is 10.6. The minimum atomic E-state index is -0.675. The lowest BCUT2D eigenvalue weighted by Crippen LogP contribution is -2.21. The van der Waals surface area contributed by atoms with E-state index in [1.54, 1.807) is 13.0 Å². The first-order chi connectivity index (χ1) is 9.47. The van der Waals surface area contributed by atoms with Crippen LogP contribution in [0.3, 0.4) is 0 Å². The molecule has 104 valence electrons. The summed E-state index contributed by atoms with van der Waals surface area (Å²) in [4.78, 5) is 11.5. The van der Waals surface area contributed by atoms with Gasteiger partial charge in [-0.3, -0.25) is 10.8 Å². The van der Waals surface area contributed by atoms with E-state index in [4.69, 9.17) is 21.1 Å². The third kappa shape index (κ3) is 4.06. The Bertz CT molecular complexity index is 606. The van der Waals surface area contributed by atoms with Gasteiger partial charge < -0.3 is 10.5 Å². The van der Waals surface area contributed by atoms with E-state index in [-0.39, 0.29) is 23.6 Å². The number of carbonyl (C=O) groups is 1. The van der Waals surface area contributed by atoms with Crippen molar-refractivity contribution in [1.82, 2.24) is 0 Å². The van der Waals surface area contributed by atoms with Crippen LogP contribution in [0.15, 0.2) is 23.3 Å². The second kappa shape index (κ2) is 6.84. The molecule has 1 rings (SSSR count). The van der Waals surface area contributed by atoms with Gasteiger partial charge in [-0.15, -0.1) is 0 Å². The van der Waals surface area contributed by atoms with E-state index in [1.165, 1.54) is 6.07 Å². The van der Waals surface area contributed by atoms with Gasteiger partial charge in [-0.05, 0) is 25.1 Å². The fraction of sp³-hybridized carbons (Fsp3) is 0.167. The van der Waals surface area contributed by atoms with E-state index in [2.05, 4.69) is 10.5 Å². The van der Waals surface area contributed by atoms with Gasteiger partial charge in [0.2, 0.25) is 5.71 Å². The highest BCUT2D eigenvalue weighted by molar-refractivity contribution is 6.45. The van der Waals surface area contributed by atoms with Gasteiger partial charge in [-0.2, -0.15) is 10.4 Å². The number of hydrogen-bond donors (Lipinski definition) is 3. The Morgan fingerprint density at radius 2 is 2.30 bits per heavy atom.